The van der Waals surface area contributed by atoms with Crippen molar-refractivity contribution >= 4 is 6.09 Å². The number of hydrogen-bond acceptors (Lipinski definition) is 2. The van der Waals surface area contributed by atoms with E-state index in [1.807, 2.05) is 78.9 Å². The van der Waals surface area contributed by atoms with E-state index in [-0.39, 0.29) is 12.7 Å². The zero-order valence-corrected chi connectivity index (χ0v) is 14.8. The van der Waals surface area contributed by atoms with Crippen LogP contribution in [0.15, 0.2) is 91.0 Å². The fraction of sp³-hybridized carbons (Fsp3) is 0.174. The van der Waals surface area contributed by atoms with Crippen molar-refractivity contribution in [2.75, 3.05) is 6.54 Å². The SMILES string of the molecule is O=C(OCc1ccccc1)N(CCc1ccccc1)Cc1ccccc1. The minimum absolute atomic E-state index is 0.284. The van der Waals surface area contributed by atoms with Crippen LogP contribution in [0.1, 0.15) is 16.7 Å². The third-order valence-electron chi connectivity index (χ3n) is 4.19. The Bertz CT molecular complexity index is 788. The number of nitrogens with zero attached hydrogens (tertiary/aromatic N) is 1. The quantitative estimate of drug-likeness (QED) is 0.598. The Labute approximate surface area is 154 Å². The number of benzene rings is 3. The Morgan fingerprint density at radius 1 is 0.692 bits per heavy atom. The zero-order chi connectivity index (χ0) is 18.0. The summed E-state index contributed by atoms with van der Waals surface area (Å²) < 4.78 is 5.54. The van der Waals surface area contributed by atoms with Gasteiger partial charge in [0.15, 0.2) is 0 Å². The van der Waals surface area contributed by atoms with Gasteiger partial charge in [0.1, 0.15) is 6.61 Å². The number of hydrogen-bond donors (Lipinski definition) is 0. The van der Waals surface area contributed by atoms with Crippen molar-refractivity contribution in [3.8, 4) is 0 Å². The molecule has 0 unspecified atom stereocenters. The fourth-order valence-corrected chi connectivity index (χ4v) is 2.76. The second kappa shape index (κ2) is 9.42. The van der Waals surface area contributed by atoms with Crippen molar-refractivity contribution in [1.29, 1.82) is 0 Å². The van der Waals surface area contributed by atoms with Crippen LogP contribution in [-0.4, -0.2) is 17.5 Å². The molecule has 3 heteroatoms. The number of carbonyl (C=O) groups excluding carboxylic acids is 1. The first-order chi connectivity index (χ1) is 12.8. The molecule has 0 fully saturated rings. The van der Waals surface area contributed by atoms with E-state index in [2.05, 4.69) is 12.1 Å². The van der Waals surface area contributed by atoms with Gasteiger partial charge in [0.2, 0.25) is 0 Å². The Hall–Kier alpha value is -3.07. The molecule has 0 aliphatic rings. The van der Waals surface area contributed by atoms with Crippen LogP contribution in [0.2, 0.25) is 0 Å². The standard InChI is InChI=1S/C23H23NO2/c25-23(26-19-22-14-8-3-9-15-22)24(18-21-12-6-2-7-13-21)17-16-20-10-4-1-5-11-20/h1-15H,16-19H2. The molecular formula is C23H23NO2. The highest BCUT2D eigenvalue weighted by Gasteiger charge is 2.15. The Morgan fingerprint density at radius 3 is 1.77 bits per heavy atom. The first-order valence-corrected chi connectivity index (χ1v) is 8.85. The Morgan fingerprint density at radius 2 is 1.19 bits per heavy atom. The molecule has 0 heterocycles. The maximum absolute atomic E-state index is 12.6. The molecule has 0 aromatic heterocycles. The van der Waals surface area contributed by atoms with E-state index in [1.54, 1.807) is 4.90 Å². The Kier molecular flexibility index (Phi) is 6.43. The summed E-state index contributed by atoms with van der Waals surface area (Å²) in [7, 11) is 0. The summed E-state index contributed by atoms with van der Waals surface area (Å²) in [6.07, 6.45) is 0.516. The molecular weight excluding hydrogens is 322 g/mol. The van der Waals surface area contributed by atoms with E-state index in [1.165, 1.54) is 5.56 Å². The molecule has 0 aliphatic heterocycles. The van der Waals surface area contributed by atoms with Crippen LogP contribution in [0.4, 0.5) is 4.79 Å². The maximum atomic E-state index is 12.6. The summed E-state index contributed by atoms with van der Waals surface area (Å²) in [4.78, 5) is 14.4. The minimum Gasteiger partial charge on any atom is -0.445 e. The van der Waals surface area contributed by atoms with Crippen LogP contribution in [0.25, 0.3) is 0 Å². The molecule has 0 spiro atoms. The molecule has 0 saturated carbocycles. The number of rotatable bonds is 7. The monoisotopic (exact) mass is 345 g/mol. The maximum Gasteiger partial charge on any atom is 0.410 e. The molecule has 3 nitrogen and oxygen atoms in total. The lowest BCUT2D eigenvalue weighted by Crippen LogP contribution is -2.33. The van der Waals surface area contributed by atoms with Crippen LogP contribution >= 0.6 is 0 Å². The van der Waals surface area contributed by atoms with E-state index in [4.69, 9.17) is 4.74 Å². The molecule has 0 atom stereocenters. The van der Waals surface area contributed by atoms with Crippen LogP contribution in [0.5, 0.6) is 0 Å². The summed E-state index contributed by atoms with van der Waals surface area (Å²) in [6.45, 7) is 1.45. The summed E-state index contributed by atoms with van der Waals surface area (Å²) in [6, 6.07) is 30.0. The van der Waals surface area contributed by atoms with Crippen LogP contribution in [0.3, 0.4) is 0 Å². The first kappa shape index (κ1) is 17.7. The predicted octanol–water partition coefficient (Wildman–Crippen LogP) is 5.07. The topological polar surface area (TPSA) is 29.5 Å². The summed E-state index contributed by atoms with van der Waals surface area (Å²) in [5.74, 6) is 0. The second-order valence-corrected chi connectivity index (χ2v) is 6.18. The van der Waals surface area contributed by atoms with Crippen molar-refractivity contribution in [1.82, 2.24) is 4.90 Å². The van der Waals surface area contributed by atoms with Gasteiger partial charge < -0.3 is 9.64 Å². The smallest absolute Gasteiger partial charge is 0.410 e. The van der Waals surface area contributed by atoms with Crippen LogP contribution in [-0.2, 0) is 24.3 Å². The van der Waals surface area contributed by atoms with E-state index < -0.39 is 0 Å². The second-order valence-electron chi connectivity index (χ2n) is 6.18. The first-order valence-electron chi connectivity index (χ1n) is 8.85. The third kappa shape index (κ3) is 5.49. The summed E-state index contributed by atoms with van der Waals surface area (Å²) >= 11 is 0. The highest BCUT2D eigenvalue weighted by atomic mass is 16.6. The summed E-state index contributed by atoms with van der Waals surface area (Å²) in [5.41, 5.74) is 3.29. The van der Waals surface area contributed by atoms with Gasteiger partial charge in [-0.1, -0.05) is 91.0 Å². The third-order valence-corrected chi connectivity index (χ3v) is 4.19. The predicted molar refractivity (Wildman–Crippen MR) is 104 cm³/mol. The minimum atomic E-state index is -0.284. The lowest BCUT2D eigenvalue weighted by molar-refractivity contribution is 0.0940. The fourth-order valence-electron chi connectivity index (χ4n) is 2.76. The molecule has 3 aromatic rings. The molecule has 3 aromatic carbocycles. The van der Waals surface area contributed by atoms with Gasteiger partial charge in [0.05, 0.1) is 0 Å². The van der Waals surface area contributed by atoms with Gasteiger partial charge in [-0.15, -0.1) is 0 Å². The molecule has 0 aliphatic carbocycles. The zero-order valence-electron chi connectivity index (χ0n) is 14.8. The van der Waals surface area contributed by atoms with E-state index in [0.717, 1.165) is 17.5 Å². The molecule has 26 heavy (non-hydrogen) atoms. The number of ether oxygens (including phenoxy) is 1. The normalized spacial score (nSPS) is 10.3. The molecule has 132 valence electrons. The molecule has 0 N–H and O–H groups in total. The number of amides is 1. The van der Waals surface area contributed by atoms with E-state index in [9.17, 15) is 4.79 Å². The highest BCUT2D eigenvalue weighted by Crippen LogP contribution is 2.10. The summed E-state index contributed by atoms with van der Waals surface area (Å²) in [5, 5.41) is 0. The van der Waals surface area contributed by atoms with Gasteiger partial charge in [-0.05, 0) is 23.1 Å². The molecule has 0 saturated heterocycles. The number of carbonyl (C=O) groups is 1. The average Bonchev–Trinajstić information content (AvgIpc) is 2.71. The van der Waals surface area contributed by atoms with Crippen molar-refractivity contribution in [2.24, 2.45) is 0 Å². The van der Waals surface area contributed by atoms with Crippen molar-refractivity contribution < 1.29 is 9.53 Å². The van der Waals surface area contributed by atoms with Gasteiger partial charge in [-0.25, -0.2) is 4.79 Å². The van der Waals surface area contributed by atoms with Crippen molar-refractivity contribution in [3.63, 3.8) is 0 Å². The molecule has 0 radical (unpaired) electrons. The lowest BCUT2D eigenvalue weighted by atomic mass is 10.1. The van der Waals surface area contributed by atoms with Gasteiger partial charge in [0.25, 0.3) is 0 Å². The van der Waals surface area contributed by atoms with Crippen LogP contribution in [0, 0.1) is 0 Å². The molecule has 1 amide bonds. The molecule has 3 rings (SSSR count). The van der Waals surface area contributed by atoms with Crippen molar-refractivity contribution in [3.05, 3.63) is 108 Å². The highest BCUT2D eigenvalue weighted by molar-refractivity contribution is 5.67. The van der Waals surface area contributed by atoms with Gasteiger partial charge >= 0.3 is 6.09 Å². The molecule has 0 bridgehead atoms. The van der Waals surface area contributed by atoms with E-state index >= 15 is 0 Å². The van der Waals surface area contributed by atoms with E-state index in [0.29, 0.717) is 13.1 Å². The van der Waals surface area contributed by atoms with Crippen LogP contribution < -0.4 is 0 Å². The lowest BCUT2D eigenvalue weighted by Gasteiger charge is -2.22. The Balaban J connectivity index is 1.63. The van der Waals surface area contributed by atoms with Gasteiger partial charge in [-0.2, -0.15) is 0 Å². The van der Waals surface area contributed by atoms with Gasteiger partial charge in [0, 0.05) is 13.1 Å². The van der Waals surface area contributed by atoms with Crippen molar-refractivity contribution in [2.45, 2.75) is 19.6 Å². The largest absolute Gasteiger partial charge is 0.445 e. The van der Waals surface area contributed by atoms with Gasteiger partial charge in [-0.3, -0.25) is 0 Å². The average molecular weight is 345 g/mol.